The number of amides is 1. The molecule has 0 unspecified atom stereocenters. The molecule has 1 aliphatic heterocycles. The maximum absolute atomic E-state index is 12.9. The van der Waals surface area contributed by atoms with Gasteiger partial charge in [0.2, 0.25) is 5.91 Å². The summed E-state index contributed by atoms with van der Waals surface area (Å²) in [5, 5.41) is 7.15. The molecule has 1 saturated heterocycles. The van der Waals surface area contributed by atoms with E-state index in [9.17, 15) is 4.79 Å². The highest BCUT2D eigenvalue weighted by Crippen LogP contribution is 2.41. The Labute approximate surface area is 228 Å². The van der Waals surface area contributed by atoms with Crippen LogP contribution in [0.5, 0.6) is 0 Å². The van der Waals surface area contributed by atoms with E-state index in [0.29, 0.717) is 18.1 Å². The highest BCUT2D eigenvalue weighted by Gasteiger charge is 2.41. The topological polar surface area (TPSA) is 75.1 Å². The van der Waals surface area contributed by atoms with Crippen LogP contribution in [0.3, 0.4) is 0 Å². The van der Waals surface area contributed by atoms with Crippen molar-refractivity contribution >= 4 is 28.9 Å². The zero-order valence-corrected chi connectivity index (χ0v) is 22.9. The third kappa shape index (κ3) is 5.04. The van der Waals surface area contributed by atoms with Crippen LogP contribution >= 0.6 is 12.2 Å². The molecule has 0 saturated carbocycles. The number of pyridine rings is 2. The van der Waals surface area contributed by atoms with Crippen LogP contribution < -0.4 is 10.6 Å². The number of nitrogens with one attached hydrogen (secondary N) is 2. The van der Waals surface area contributed by atoms with Crippen LogP contribution in [0.1, 0.15) is 52.3 Å². The van der Waals surface area contributed by atoms with Gasteiger partial charge in [0.25, 0.3) is 0 Å². The van der Waals surface area contributed by atoms with Crippen molar-refractivity contribution in [2.75, 3.05) is 11.9 Å². The molecule has 3 aromatic heterocycles. The number of para-hydroxylation sites is 1. The molecule has 0 radical (unpaired) electrons. The quantitative estimate of drug-likeness (QED) is 0.311. The fourth-order valence-corrected chi connectivity index (χ4v) is 5.50. The molecule has 1 aromatic carbocycles. The summed E-state index contributed by atoms with van der Waals surface area (Å²) in [4.78, 5) is 24.4. The first-order valence-electron chi connectivity index (χ1n) is 12.8. The predicted octanol–water partition coefficient (Wildman–Crippen LogP) is 5.50. The molecule has 38 heavy (non-hydrogen) atoms. The number of hydrogen-bond donors (Lipinski definition) is 2. The van der Waals surface area contributed by atoms with E-state index < -0.39 is 0 Å². The molecule has 0 bridgehead atoms. The Kier molecular flexibility index (Phi) is 7.24. The number of benzene rings is 1. The number of thiocarbonyl (C=S) groups is 1. The van der Waals surface area contributed by atoms with Crippen LogP contribution in [0.25, 0.3) is 5.82 Å². The van der Waals surface area contributed by atoms with E-state index in [4.69, 9.17) is 12.2 Å². The molecular formula is C30H32N6OS. The predicted molar refractivity (Wildman–Crippen MR) is 154 cm³/mol. The minimum atomic E-state index is -0.150. The summed E-state index contributed by atoms with van der Waals surface area (Å²) in [7, 11) is 0. The lowest BCUT2D eigenvalue weighted by atomic mass is 9.96. The van der Waals surface area contributed by atoms with Gasteiger partial charge in [0, 0.05) is 42.4 Å². The summed E-state index contributed by atoms with van der Waals surface area (Å²) < 4.78 is 2.18. The van der Waals surface area contributed by atoms with E-state index in [1.54, 1.807) is 6.20 Å². The minimum Gasteiger partial charge on any atom is -0.352 e. The fraction of sp³-hybridized carbons (Fsp3) is 0.267. The molecule has 7 nitrogen and oxygen atoms in total. The number of carbonyl (C=O) groups is 1. The summed E-state index contributed by atoms with van der Waals surface area (Å²) >= 11 is 5.82. The Balaban J connectivity index is 1.47. The van der Waals surface area contributed by atoms with Crippen molar-refractivity contribution in [2.24, 2.45) is 0 Å². The van der Waals surface area contributed by atoms with Crippen LogP contribution in [-0.2, 0) is 4.79 Å². The molecule has 2 atom stereocenters. The second kappa shape index (κ2) is 10.8. The largest absolute Gasteiger partial charge is 0.352 e. The summed E-state index contributed by atoms with van der Waals surface area (Å²) in [5.41, 5.74) is 7.19. The lowest BCUT2D eigenvalue weighted by Gasteiger charge is -2.28. The van der Waals surface area contributed by atoms with E-state index in [1.165, 1.54) is 0 Å². The molecule has 0 spiro atoms. The van der Waals surface area contributed by atoms with Gasteiger partial charge in [-0.05, 0) is 86.9 Å². The van der Waals surface area contributed by atoms with Gasteiger partial charge in [-0.1, -0.05) is 30.3 Å². The van der Waals surface area contributed by atoms with Crippen molar-refractivity contribution in [3.8, 4) is 5.82 Å². The average molecular weight is 525 g/mol. The van der Waals surface area contributed by atoms with Crippen molar-refractivity contribution in [2.45, 2.75) is 46.2 Å². The standard InChI is InChI=1S/C30H32N6OS/c1-19-12-13-26(32-18-19)36-21(3)17-23(22(36)4)29-28(25-11-7-8-15-31-25)34-30(38)35(29)16-14-27(37)33-24-10-6-5-9-20(24)2/h5-13,15,17-18,28-29H,14,16H2,1-4H3,(H,33,37)(H,34,38)/t28-,29+/m0/s1. The molecule has 4 heterocycles. The Morgan fingerprint density at radius 3 is 2.53 bits per heavy atom. The van der Waals surface area contributed by atoms with Gasteiger partial charge in [0.1, 0.15) is 5.82 Å². The van der Waals surface area contributed by atoms with Gasteiger partial charge in [0.15, 0.2) is 5.11 Å². The van der Waals surface area contributed by atoms with Crippen LogP contribution in [-0.4, -0.2) is 37.0 Å². The third-order valence-corrected chi connectivity index (χ3v) is 7.46. The Bertz CT molecular complexity index is 1460. The number of nitrogens with zero attached hydrogens (tertiary/aromatic N) is 4. The van der Waals surface area contributed by atoms with Crippen molar-refractivity contribution in [3.05, 3.63) is 107 Å². The molecule has 2 N–H and O–H groups in total. The van der Waals surface area contributed by atoms with E-state index in [-0.39, 0.29) is 18.0 Å². The van der Waals surface area contributed by atoms with Gasteiger partial charge >= 0.3 is 0 Å². The molecule has 5 rings (SSSR count). The van der Waals surface area contributed by atoms with Gasteiger partial charge in [-0.15, -0.1) is 0 Å². The van der Waals surface area contributed by atoms with Gasteiger partial charge in [-0.25, -0.2) is 4.98 Å². The Hall–Kier alpha value is -4.04. The molecule has 1 fully saturated rings. The number of aryl methyl sites for hydroxylation is 3. The van der Waals surface area contributed by atoms with Crippen LogP contribution in [0, 0.1) is 27.7 Å². The van der Waals surface area contributed by atoms with Gasteiger partial charge < -0.3 is 20.1 Å². The smallest absolute Gasteiger partial charge is 0.226 e. The number of aromatic nitrogens is 3. The van der Waals surface area contributed by atoms with E-state index in [0.717, 1.165) is 45.3 Å². The van der Waals surface area contributed by atoms with Gasteiger partial charge in [-0.3, -0.25) is 9.78 Å². The molecular weight excluding hydrogens is 492 g/mol. The highest BCUT2D eigenvalue weighted by atomic mass is 32.1. The molecule has 194 valence electrons. The number of anilines is 1. The molecule has 1 amide bonds. The lowest BCUT2D eigenvalue weighted by Crippen LogP contribution is -2.33. The van der Waals surface area contributed by atoms with Crippen LogP contribution in [0.4, 0.5) is 5.69 Å². The average Bonchev–Trinajstić information content (AvgIpc) is 3.39. The maximum Gasteiger partial charge on any atom is 0.226 e. The normalized spacial score (nSPS) is 16.9. The summed E-state index contributed by atoms with van der Waals surface area (Å²) in [6, 6.07) is 19.7. The Morgan fingerprint density at radius 2 is 1.82 bits per heavy atom. The molecule has 4 aromatic rings. The number of hydrogen-bond acceptors (Lipinski definition) is 4. The first kappa shape index (κ1) is 25.6. The first-order chi connectivity index (χ1) is 18.3. The van der Waals surface area contributed by atoms with Gasteiger partial charge in [-0.2, -0.15) is 0 Å². The van der Waals surface area contributed by atoms with E-state index >= 15 is 0 Å². The zero-order valence-electron chi connectivity index (χ0n) is 22.1. The molecule has 1 aliphatic rings. The summed E-state index contributed by atoms with van der Waals surface area (Å²) in [5.74, 6) is 0.834. The summed E-state index contributed by atoms with van der Waals surface area (Å²) in [6.07, 6.45) is 3.99. The Morgan fingerprint density at radius 1 is 1.03 bits per heavy atom. The minimum absolute atomic E-state index is 0.0449. The van der Waals surface area contributed by atoms with Crippen LogP contribution in [0.15, 0.2) is 73.1 Å². The van der Waals surface area contributed by atoms with Crippen molar-refractivity contribution in [1.29, 1.82) is 0 Å². The third-order valence-electron chi connectivity index (χ3n) is 7.11. The highest BCUT2D eigenvalue weighted by molar-refractivity contribution is 7.80. The van der Waals surface area contributed by atoms with E-state index in [1.807, 2.05) is 68.6 Å². The molecule has 8 heteroatoms. The van der Waals surface area contributed by atoms with Crippen molar-refractivity contribution < 1.29 is 4.79 Å². The molecule has 0 aliphatic carbocycles. The maximum atomic E-state index is 12.9. The second-order valence-electron chi connectivity index (χ2n) is 9.79. The van der Waals surface area contributed by atoms with E-state index in [2.05, 4.69) is 56.0 Å². The first-order valence-corrected chi connectivity index (χ1v) is 13.2. The SMILES string of the molecule is Cc1ccc(-n2c(C)cc([C@@H]3[C@H](c4ccccn4)NC(=S)N3CCC(=O)Nc3ccccc3C)c2C)nc1. The lowest BCUT2D eigenvalue weighted by molar-refractivity contribution is -0.116. The number of rotatable bonds is 7. The van der Waals surface area contributed by atoms with Crippen LogP contribution in [0.2, 0.25) is 0 Å². The van der Waals surface area contributed by atoms with Crippen molar-refractivity contribution in [3.63, 3.8) is 0 Å². The number of carbonyl (C=O) groups excluding carboxylic acids is 1. The second-order valence-corrected chi connectivity index (χ2v) is 10.2. The summed E-state index contributed by atoms with van der Waals surface area (Å²) in [6.45, 7) is 8.71. The van der Waals surface area contributed by atoms with Crippen molar-refractivity contribution in [1.82, 2.24) is 24.8 Å². The fourth-order valence-electron chi connectivity index (χ4n) is 5.16. The van der Waals surface area contributed by atoms with Gasteiger partial charge in [0.05, 0.1) is 17.8 Å². The zero-order chi connectivity index (χ0) is 26.8. The monoisotopic (exact) mass is 524 g/mol.